The summed E-state index contributed by atoms with van der Waals surface area (Å²) < 4.78 is 20.9. The Balaban J connectivity index is 1.25. The van der Waals surface area contributed by atoms with Crippen molar-refractivity contribution in [3.63, 3.8) is 0 Å². The molecule has 0 aliphatic rings. The predicted molar refractivity (Wildman–Crippen MR) is 106 cm³/mol. The summed E-state index contributed by atoms with van der Waals surface area (Å²) in [5.74, 6) is 0.813. The highest BCUT2D eigenvalue weighted by Gasteiger charge is 2.12. The number of ketones is 1. The van der Waals surface area contributed by atoms with Crippen LogP contribution in [0.25, 0.3) is 11.5 Å². The number of hydrogen-bond donors (Lipinski definition) is 0. The first-order valence-corrected chi connectivity index (χ1v) is 9.17. The van der Waals surface area contributed by atoms with E-state index in [2.05, 4.69) is 5.16 Å². The molecule has 0 bridgehead atoms. The van der Waals surface area contributed by atoms with Gasteiger partial charge in [-0.05, 0) is 36.4 Å². The summed E-state index contributed by atoms with van der Waals surface area (Å²) in [4.78, 5) is 24.3. The average molecular weight is 403 g/mol. The van der Waals surface area contributed by atoms with Crippen LogP contribution in [0.2, 0.25) is 0 Å². The second kappa shape index (κ2) is 8.91. The molecule has 4 rings (SSSR count). The third-order valence-corrected chi connectivity index (χ3v) is 4.21. The molecule has 30 heavy (non-hydrogen) atoms. The van der Waals surface area contributed by atoms with Gasteiger partial charge >= 0.3 is 5.97 Å². The molecule has 2 aromatic carbocycles. The van der Waals surface area contributed by atoms with Crippen LogP contribution in [0.15, 0.2) is 88.0 Å². The minimum Gasteiger partial charge on any atom is -0.482 e. The van der Waals surface area contributed by atoms with Crippen molar-refractivity contribution < 1.29 is 28.0 Å². The van der Waals surface area contributed by atoms with Gasteiger partial charge in [0.25, 0.3) is 0 Å². The predicted octanol–water partition coefficient (Wildman–Crippen LogP) is 4.29. The summed E-state index contributed by atoms with van der Waals surface area (Å²) in [7, 11) is 0. The highest BCUT2D eigenvalue weighted by atomic mass is 16.6. The Kier molecular flexibility index (Phi) is 5.70. The molecule has 4 aromatic rings. The van der Waals surface area contributed by atoms with Gasteiger partial charge in [-0.1, -0.05) is 35.5 Å². The minimum atomic E-state index is -0.554. The standard InChI is InChI=1S/C23H17NO6/c25-22(29-14-18-13-21(30-24-18)20-7-4-12-27-20)15-28-19-10-8-17(9-11-19)23(26)16-5-2-1-3-6-16/h1-13H,14-15H2. The Morgan fingerprint density at radius 3 is 2.37 bits per heavy atom. The molecule has 0 unspecified atom stereocenters. The fourth-order valence-corrected chi connectivity index (χ4v) is 2.71. The van der Waals surface area contributed by atoms with Gasteiger partial charge in [0, 0.05) is 17.2 Å². The van der Waals surface area contributed by atoms with E-state index in [1.54, 1.807) is 54.6 Å². The van der Waals surface area contributed by atoms with Crippen molar-refractivity contribution in [1.82, 2.24) is 5.16 Å². The van der Waals surface area contributed by atoms with E-state index >= 15 is 0 Å². The minimum absolute atomic E-state index is 0.0447. The number of ether oxygens (including phenoxy) is 2. The number of hydrogen-bond acceptors (Lipinski definition) is 7. The molecule has 0 amide bonds. The molecule has 2 heterocycles. The highest BCUT2D eigenvalue weighted by molar-refractivity contribution is 6.08. The lowest BCUT2D eigenvalue weighted by Crippen LogP contribution is -2.14. The first-order chi connectivity index (χ1) is 14.7. The Labute approximate surface area is 171 Å². The van der Waals surface area contributed by atoms with Crippen LogP contribution in [0.3, 0.4) is 0 Å². The van der Waals surface area contributed by atoms with Crippen LogP contribution in [0, 0.1) is 0 Å². The second-order valence-electron chi connectivity index (χ2n) is 6.33. The maximum Gasteiger partial charge on any atom is 0.344 e. The van der Waals surface area contributed by atoms with Gasteiger partial charge in [0.1, 0.15) is 18.1 Å². The van der Waals surface area contributed by atoms with Crippen LogP contribution in [-0.4, -0.2) is 23.5 Å². The number of esters is 1. The zero-order chi connectivity index (χ0) is 20.8. The lowest BCUT2D eigenvalue weighted by Gasteiger charge is -2.07. The first-order valence-electron chi connectivity index (χ1n) is 9.17. The molecule has 0 atom stereocenters. The summed E-state index contributed by atoms with van der Waals surface area (Å²) in [5.41, 5.74) is 1.60. The monoisotopic (exact) mass is 403 g/mol. The van der Waals surface area contributed by atoms with Gasteiger partial charge in [-0.25, -0.2) is 4.79 Å². The molecular formula is C23H17NO6. The number of furan rings is 1. The second-order valence-corrected chi connectivity index (χ2v) is 6.33. The van der Waals surface area contributed by atoms with Crippen molar-refractivity contribution in [2.75, 3.05) is 6.61 Å². The molecule has 0 aliphatic carbocycles. The Hall–Kier alpha value is -4.13. The van der Waals surface area contributed by atoms with Gasteiger partial charge < -0.3 is 18.4 Å². The molecular weight excluding hydrogens is 386 g/mol. The summed E-state index contributed by atoms with van der Waals surface area (Å²) >= 11 is 0. The third-order valence-electron chi connectivity index (χ3n) is 4.21. The van der Waals surface area contributed by atoms with Gasteiger partial charge in [0.2, 0.25) is 5.76 Å². The van der Waals surface area contributed by atoms with Crippen molar-refractivity contribution in [1.29, 1.82) is 0 Å². The smallest absolute Gasteiger partial charge is 0.344 e. The van der Waals surface area contributed by atoms with Crippen LogP contribution in [0.5, 0.6) is 5.75 Å². The van der Waals surface area contributed by atoms with Crippen LogP contribution in [-0.2, 0) is 16.1 Å². The molecule has 0 spiro atoms. The normalized spacial score (nSPS) is 10.5. The number of rotatable bonds is 8. The zero-order valence-corrected chi connectivity index (χ0v) is 15.8. The molecule has 7 heteroatoms. The molecule has 0 fully saturated rings. The van der Waals surface area contributed by atoms with Gasteiger partial charge in [0.05, 0.1) is 6.26 Å². The number of carbonyl (C=O) groups is 2. The van der Waals surface area contributed by atoms with Crippen LogP contribution < -0.4 is 4.74 Å². The average Bonchev–Trinajstić information content (AvgIpc) is 3.49. The SMILES string of the molecule is O=C(COc1ccc(C(=O)c2ccccc2)cc1)OCc1cc(-c2ccco2)on1. The van der Waals surface area contributed by atoms with E-state index in [4.69, 9.17) is 18.4 Å². The fraction of sp³-hybridized carbons (Fsp3) is 0.0870. The molecule has 0 radical (unpaired) electrons. The fourth-order valence-electron chi connectivity index (χ4n) is 2.71. The van der Waals surface area contributed by atoms with Gasteiger partial charge in [-0.15, -0.1) is 0 Å². The molecule has 7 nitrogen and oxygen atoms in total. The van der Waals surface area contributed by atoms with Crippen molar-refractivity contribution in [3.05, 3.63) is 95.9 Å². The van der Waals surface area contributed by atoms with E-state index in [9.17, 15) is 9.59 Å². The molecule has 0 aliphatic heterocycles. The topological polar surface area (TPSA) is 91.8 Å². The summed E-state index contributed by atoms with van der Waals surface area (Å²) in [6.07, 6.45) is 1.53. The van der Waals surface area contributed by atoms with E-state index < -0.39 is 5.97 Å². The van der Waals surface area contributed by atoms with Crippen LogP contribution >= 0.6 is 0 Å². The summed E-state index contributed by atoms with van der Waals surface area (Å²) in [6.45, 7) is -0.314. The van der Waals surface area contributed by atoms with Crippen molar-refractivity contribution in [2.45, 2.75) is 6.61 Å². The lowest BCUT2D eigenvalue weighted by atomic mass is 10.0. The van der Waals surface area contributed by atoms with E-state index in [1.165, 1.54) is 6.26 Å². The van der Waals surface area contributed by atoms with Crippen molar-refractivity contribution in [2.24, 2.45) is 0 Å². The van der Waals surface area contributed by atoms with E-state index in [1.807, 2.05) is 18.2 Å². The van der Waals surface area contributed by atoms with Gasteiger partial charge in [-0.2, -0.15) is 0 Å². The number of benzene rings is 2. The highest BCUT2D eigenvalue weighted by Crippen LogP contribution is 2.21. The lowest BCUT2D eigenvalue weighted by molar-refractivity contribution is -0.147. The number of carbonyl (C=O) groups excluding carboxylic acids is 2. The molecule has 0 saturated carbocycles. The molecule has 2 aromatic heterocycles. The first kappa shape index (κ1) is 19.2. The quantitative estimate of drug-likeness (QED) is 0.320. The van der Waals surface area contributed by atoms with E-state index in [0.29, 0.717) is 34.1 Å². The van der Waals surface area contributed by atoms with Crippen LogP contribution in [0.4, 0.5) is 0 Å². The Bertz CT molecular complexity index is 1110. The Morgan fingerprint density at radius 1 is 0.867 bits per heavy atom. The molecule has 0 N–H and O–H groups in total. The van der Waals surface area contributed by atoms with Crippen molar-refractivity contribution >= 4 is 11.8 Å². The summed E-state index contributed by atoms with van der Waals surface area (Å²) in [6, 6.07) is 20.7. The number of nitrogens with zero attached hydrogens (tertiary/aromatic N) is 1. The molecule has 0 saturated heterocycles. The van der Waals surface area contributed by atoms with Crippen molar-refractivity contribution in [3.8, 4) is 17.3 Å². The zero-order valence-electron chi connectivity index (χ0n) is 15.8. The van der Waals surface area contributed by atoms with E-state index in [0.717, 1.165) is 0 Å². The maximum absolute atomic E-state index is 12.4. The number of aromatic nitrogens is 1. The van der Waals surface area contributed by atoms with Gasteiger partial charge in [0.15, 0.2) is 18.2 Å². The summed E-state index contributed by atoms with van der Waals surface area (Å²) in [5, 5.41) is 3.83. The maximum atomic E-state index is 12.4. The largest absolute Gasteiger partial charge is 0.482 e. The third kappa shape index (κ3) is 4.64. The van der Waals surface area contributed by atoms with Crippen LogP contribution in [0.1, 0.15) is 21.6 Å². The van der Waals surface area contributed by atoms with E-state index in [-0.39, 0.29) is 19.0 Å². The van der Waals surface area contributed by atoms with Gasteiger partial charge in [-0.3, -0.25) is 4.79 Å². The molecule has 150 valence electrons. The Morgan fingerprint density at radius 2 is 1.63 bits per heavy atom.